The van der Waals surface area contributed by atoms with Gasteiger partial charge < -0.3 is 5.73 Å². The van der Waals surface area contributed by atoms with Crippen LogP contribution in [0.5, 0.6) is 0 Å². The predicted molar refractivity (Wildman–Crippen MR) is 67.8 cm³/mol. The number of nitrogens with two attached hydrogens (primary N) is 1. The first-order valence-electron chi connectivity index (χ1n) is 5.74. The standard InChI is InChI=1S/C13H9F3N4/c14-13(15,16)9-4-1-3-8(7-9)12-18-11-6-2-5-10(17)20(11)19-12/h1-7H,17H2. The Hall–Kier alpha value is -2.57. The zero-order chi connectivity index (χ0) is 14.3. The van der Waals surface area contributed by atoms with Crippen molar-refractivity contribution >= 4 is 11.5 Å². The minimum atomic E-state index is -4.39. The molecule has 0 aliphatic rings. The van der Waals surface area contributed by atoms with E-state index in [0.29, 0.717) is 17.0 Å². The van der Waals surface area contributed by atoms with Gasteiger partial charge in [0, 0.05) is 5.56 Å². The number of anilines is 1. The fraction of sp³-hybridized carbons (Fsp3) is 0.0769. The maximum absolute atomic E-state index is 12.7. The molecular weight excluding hydrogens is 269 g/mol. The molecule has 0 aliphatic carbocycles. The van der Waals surface area contributed by atoms with Crippen molar-refractivity contribution in [1.29, 1.82) is 0 Å². The second kappa shape index (κ2) is 4.22. The van der Waals surface area contributed by atoms with E-state index >= 15 is 0 Å². The summed E-state index contributed by atoms with van der Waals surface area (Å²) in [5.74, 6) is 0.572. The Kier molecular flexibility index (Phi) is 2.63. The highest BCUT2D eigenvalue weighted by Gasteiger charge is 2.30. The quantitative estimate of drug-likeness (QED) is 0.744. The molecule has 7 heteroatoms. The zero-order valence-electron chi connectivity index (χ0n) is 10.1. The number of alkyl halides is 3. The number of rotatable bonds is 1. The lowest BCUT2D eigenvalue weighted by Gasteiger charge is -2.06. The van der Waals surface area contributed by atoms with Gasteiger partial charge >= 0.3 is 6.18 Å². The van der Waals surface area contributed by atoms with Gasteiger partial charge in [-0.05, 0) is 24.3 Å². The van der Waals surface area contributed by atoms with E-state index in [0.717, 1.165) is 12.1 Å². The molecular formula is C13H9F3N4. The first kappa shape index (κ1) is 12.5. The summed E-state index contributed by atoms with van der Waals surface area (Å²) in [6.45, 7) is 0. The molecule has 0 fully saturated rings. The van der Waals surface area contributed by atoms with Crippen molar-refractivity contribution in [2.24, 2.45) is 0 Å². The maximum atomic E-state index is 12.7. The number of nitrogens with zero attached hydrogens (tertiary/aromatic N) is 3. The molecule has 4 nitrogen and oxygen atoms in total. The Morgan fingerprint density at radius 3 is 2.50 bits per heavy atom. The van der Waals surface area contributed by atoms with Crippen molar-refractivity contribution in [2.75, 3.05) is 5.73 Å². The Morgan fingerprint density at radius 1 is 1.05 bits per heavy atom. The largest absolute Gasteiger partial charge is 0.416 e. The summed E-state index contributed by atoms with van der Waals surface area (Å²) in [5, 5.41) is 4.12. The van der Waals surface area contributed by atoms with Crippen LogP contribution in [0.1, 0.15) is 5.56 Å². The molecule has 0 amide bonds. The van der Waals surface area contributed by atoms with Gasteiger partial charge in [-0.15, -0.1) is 5.10 Å². The van der Waals surface area contributed by atoms with Crippen LogP contribution in [0.25, 0.3) is 17.0 Å². The molecule has 0 unspecified atom stereocenters. The van der Waals surface area contributed by atoms with Crippen molar-refractivity contribution < 1.29 is 13.2 Å². The van der Waals surface area contributed by atoms with E-state index < -0.39 is 11.7 Å². The number of benzene rings is 1. The van der Waals surface area contributed by atoms with Gasteiger partial charge in [-0.25, -0.2) is 4.98 Å². The highest BCUT2D eigenvalue weighted by atomic mass is 19.4. The molecule has 102 valence electrons. The van der Waals surface area contributed by atoms with Gasteiger partial charge in [0.05, 0.1) is 5.56 Å². The van der Waals surface area contributed by atoms with Gasteiger partial charge in [-0.3, -0.25) is 0 Å². The lowest BCUT2D eigenvalue weighted by molar-refractivity contribution is -0.137. The molecule has 0 saturated heterocycles. The van der Waals surface area contributed by atoms with Crippen LogP contribution in [0.3, 0.4) is 0 Å². The molecule has 3 aromatic rings. The summed E-state index contributed by atoms with van der Waals surface area (Å²) >= 11 is 0. The third kappa shape index (κ3) is 2.07. The molecule has 2 heterocycles. The molecule has 0 atom stereocenters. The summed E-state index contributed by atoms with van der Waals surface area (Å²) in [7, 11) is 0. The highest BCUT2D eigenvalue weighted by molar-refractivity contribution is 5.60. The average Bonchev–Trinajstić information content (AvgIpc) is 2.83. The fourth-order valence-electron chi connectivity index (χ4n) is 1.88. The van der Waals surface area contributed by atoms with Gasteiger partial charge in [0.1, 0.15) is 5.82 Å². The van der Waals surface area contributed by atoms with Crippen LogP contribution in [0, 0.1) is 0 Å². The number of hydrogen-bond donors (Lipinski definition) is 1. The molecule has 2 N–H and O–H groups in total. The third-order valence-electron chi connectivity index (χ3n) is 2.84. The molecule has 1 aromatic carbocycles. The van der Waals surface area contributed by atoms with Crippen molar-refractivity contribution in [2.45, 2.75) is 6.18 Å². The van der Waals surface area contributed by atoms with Crippen molar-refractivity contribution in [3.8, 4) is 11.4 Å². The van der Waals surface area contributed by atoms with Crippen LogP contribution in [0.15, 0.2) is 42.5 Å². The number of pyridine rings is 1. The Morgan fingerprint density at radius 2 is 1.80 bits per heavy atom. The summed E-state index contributed by atoms with van der Waals surface area (Å²) in [6, 6.07) is 9.90. The topological polar surface area (TPSA) is 56.2 Å². The highest BCUT2D eigenvalue weighted by Crippen LogP contribution is 2.31. The molecule has 20 heavy (non-hydrogen) atoms. The van der Waals surface area contributed by atoms with Crippen LogP contribution < -0.4 is 5.73 Å². The maximum Gasteiger partial charge on any atom is 0.416 e. The second-order valence-electron chi connectivity index (χ2n) is 4.23. The van der Waals surface area contributed by atoms with Gasteiger partial charge in [-0.1, -0.05) is 18.2 Å². The molecule has 0 bridgehead atoms. The van der Waals surface area contributed by atoms with E-state index in [-0.39, 0.29) is 5.82 Å². The minimum absolute atomic E-state index is 0.203. The van der Waals surface area contributed by atoms with Gasteiger partial charge in [0.15, 0.2) is 11.5 Å². The van der Waals surface area contributed by atoms with E-state index in [4.69, 9.17) is 5.73 Å². The zero-order valence-corrected chi connectivity index (χ0v) is 10.1. The molecule has 0 radical (unpaired) electrons. The summed E-state index contributed by atoms with van der Waals surface area (Å²) in [4.78, 5) is 4.17. The molecule has 0 aliphatic heterocycles. The van der Waals surface area contributed by atoms with E-state index in [9.17, 15) is 13.2 Å². The Balaban J connectivity index is 2.14. The Labute approximate surface area is 111 Å². The monoisotopic (exact) mass is 278 g/mol. The SMILES string of the molecule is Nc1cccc2nc(-c3cccc(C(F)(F)F)c3)nn12. The van der Waals surface area contributed by atoms with Crippen molar-refractivity contribution in [3.63, 3.8) is 0 Å². The van der Waals surface area contributed by atoms with Crippen LogP contribution in [-0.4, -0.2) is 14.6 Å². The fourth-order valence-corrected chi connectivity index (χ4v) is 1.88. The second-order valence-corrected chi connectivity index (χ2v) is 4.23. The van der Waals surface area contributed by atoms with E-state index in [2.05, 4.69) is 10.1 Å². The molecule has 0 spiro atoms. The van der Waals surface area contributed by atoms with Crippen LogP contribution in [0.4, 0.5) is 19.0 Å². The number of aromatic nitrogens is 3. The van der Waals surface area contributed by atoms with Crippen molar-refractivity contribution in [1.82, 2.24) is 14.6 Å². The predicted octanol–water partition coefficient (Wildman–Crippen LogP) is 3.00. The molecule has 3 rings (SSSR count). The normalized spacial score (nSPS) is 11.9. The van der Waals surface area contributed by atoms with Gasteiger partial charge in [0.2, 0.25) is 0 Å². The lowest BCUT2D eigenvalue weighted by Crippen LogP contribution is -2.04. The van der Waals surface area contributed by atoms with E-state index in [1.807, 2.05) is 0 Å². The number of hydrogen-bond acceptors (Lipinski definition) is 3. The van der Waals surface area contributed by atoms with E-state index in [1.54, 1.807) is 18.2 Å². The molecule has 2 aromatic heterocycles. The van der Waals surface area contributed by atoms with Crippen LogP contribution in [-0.2, 0) is 6.18 Å². The average molecular weight is 278 g/mol. The number of halogens is 3. The molecule has 0 saturated carbocycles. The van der Waals surface area contributed by atoms with Crippen LogP contribution in [0.2, 0.25) is 0 Å². The van der Waals surface area contributed by atoms with E-state index in [1.165, 1.54) is 16.6 Å². The lowest BCUT2D eigenvalue weighted by atomic mass is 10.1. The first-order chi connectivity index (χ1) is 9.45. The number of fused-ring (bicyclic) bond motifs is 1. The first-order valence-corrected chi connectivity index (χ1v) is 5.74. The van der Waals surface area contributed by atoms with Crippen molar-refractivity contribution in [3.05, 3.63) is 48.0 Å². The van der Waals surface area contributed by atoms with Gasteiger partial charge in [0.25, 0.3) is 0 Å². The number of nitrogen functional groups attached to an aromatic ring is 1. The smallest absolute Gasteiger partial charge is 0.384 e. The summed E-state index contributed by atoms with van der Waals surface area (Å²) in [6.07, 6.45) is -4.39. The summed E-state index contributed by atoms with van der Waals surface area (Å²) in [5.41, 5.74) is 5.77. The Bertz CT molecular complexity index is 777. The third-order valence-corrected chi connectivity index (χ3v) is 2.84. The summed E-state index contributed by atoms with van der Waals surface area (Å²) < 4.78 is 39.4. The van der Waals surface area contributed by atoms with Crippen LogP contribution >= 0.6 is 0 Å². The minimum Gasteiger partial charge on any atom is -0.384 e. The van der Waals surface area contributed by atoms with Gasteiger partial charge in [-0.2, -0.15) is 17.7 Å².